The number of aliphatic imine (C=N–C) groups is 1. The quantitative estimate of drug-likeness (QED) is 0.460. The summed E-state index contributed by atoms with van der Waals surface area (Å²) in [5.41, 5.74) is 3.07. The third-order valence-corrected chi connectivity index (χ3v) is 6.19. The average molecular weight is 456 g/mol. The maximum Gasteiger partial charge on any atom is 0.338 e. The molecule has 1 saturated heterocycles. The minimum absolute atomic E-state index is 0.197. The van der Waals surface area contributed by atoms with Gasteiger partial charge < -0.3 is 14.4 Å². The van der Waals surface area contributed by atoms with Crippen molar-refractivity contribution in [3.8, 4) is 0 Å². The van der Waals surface area contributed by atoms with Gasteiger partial charge in [-0.3, -0.25) is 19.5 Å². The topological polar surface area (TPSA) is 95.0 Å². The number of ether oxygens (including phenoxy) is 2. The van der Waals surface area contributed by atoms with Crippen LogP contribution in [-0.4, -0.2) is 84.2 Å². The van der Waals surface area contributed by atoms with E-state index in [-0.39, 0.29) is 24.5 Å². The molecule has 4 rings (SSSR count). The number of allylic oxidation sites excluding steroid dienone is 2. The van der Waals surface area contributed by atoms with E-state index < -0.39 is 12.2 Å². The Morgan fingerprint density at radius 1 is 1.06 bits per heavy atom. The van der Waals surface area contributed by atoms with Crippen molar-refractivity contribution in [2.45, 2.75) is 39.9 Å². The lowest BCUT2D eigenvalue weighted by Gasteiger charge is -2.40. The van der Waals surface area contributed by atoms with E-state index in [0.717, 1.165) is 17.1 Å². The van der Waals surface area contributed by atoms with Crippen molar-refractivity contribution in [2.24, 2.45) is 4.99 Å². The fraction of sp³-hybridized carbons (Fsp3) is 0.478. The molecule has 1 aromatic carbocycles. The first-order valence-corrected chi connectivity index (χ1v) is 11.1. The third kappa shape index (κ3) is 3.64. The summed E-state index contributed by atoms with van der Waals surface area (Å²) in [6.07, 6.45) is -0.618. The molecule has 3 heterocycles. The molecule has 3 aliphatic heterocycles. The number of urea groups is 1. The van der Waals surface area contributed by atoms with Crippen molar-refractivity contribution in [3.05, 3.63) is 41.2 Å². The Bertz CT molecular complexity index is 1030. The first kappa shape index (κ1) is 22.8. The van der Waals surface area contributed by atoms with E-state index in [4.69, 9.17) is 14.5 Å². The summed E-state index contributed by atoms with van der Waals surface area (Å²) in [6, 6.07) is 6.04. The number of likely N-dealkylation sites (N-methyl/N-ethyl adjacent to an activating group) is 1. The van der Waals surface area contributed by atoms with Crippen molar-refractivity contribution < 1.29 is 23.9 Å². The smallest absolute Gasteiger partial charge is 0.338 e. The number of amides is 3. The van der Waals surface area contributed by atoms with E-state index in [0.29, 0.717) is 31.3 Å². The predicted molar refractivity (Wildman–Crippen MR) is 121 cm³/mol. The van der Waals surface area contributed by atoms with Crippen LogP contribution in [0.15, 0.2) is 40.7 Å². The van der Waals surface area contributed by atoms with Gasteiger partial charge in [-0.05, 0) is 52.0 Å². The minimum Gasteiger partial charge on any atom is -0.462 e. The van der Waals surface area contributed by atoms with E-state index in [1.165, 1.54) is 9.80 Å². The summed E-state index contributed by atoms with van der Waals surface area (Å²) in [6.45, 7) is 8.85. The summed E-state index contributed by atoms with van der Waals surface area (Å²) in [5.74, 6) is -0.0746. The van der Waals surface area contributed by atoms with Gasteiger partial charge in [-0.25, -0.2) is 14.6 Å². The highest BCUT2D eigenvalue weighted by Gasteiger charge is 2.55. The molecule has 2 atom stereocenters. The lowest BCUT2D eigenvalue weighted by atomic mass is 10.1. The second kappa shape index (κ2) is 8.86. The van der Waals surface area contributed by atoms with E-state index in [1.807, 2.05) is 42.7 Å². The van der Waals surface area contributed by atoms with Gasteiger partial charge in [0.1, 0.15) is 0 Å². The number of esters is 1. The number of hydrogen-bond donors (Lipinski definition) is 0. The number of benzene rings is 1. The Hall–Kier alpha value is -3.40. The molecule has 0 spiro atoms. The number of rotatable bonds is 7. The standard InChI is InChI=1S/C23H29N5O5/c1-6-32-13-12-26-20(29)18-19(25(5)23(26)31)24-22-27(14(3)15(4)28(18)22)17-10-8-16(9-11-17)21(30)33-7-2/h8-11,18-19H,6-7,12-13H2,1-5H3. The van der Waals surface area contributed by atoms with Crippen LogP contribution in [0.3, 0.4) is 0 Å². The van der Waals surface area contributed by atoms with E-state index in [1.54, 1.807) is 26.1 Å². The third-order valence-electron chi connectivity index (χ3n) is 6.19. The van der Waals surface area contributed by atoms with Crippen LogP contribution in [0.25, 0.3) is 0 Å². The monoisotopic (exact) mass is 455 g/mol. The molecule has 0 radical (unpaired) electrons. The molecular formula is C23H29N5O5. The van der Waals surface area contributed by atoms with Gasteiger partial charge >= 0.3 is 12.0 Å². The fourth-order valence-corrected chi connectivity index (χ4v) is 4.39. The van der Waals surface area contributed by atoms with Gasteiger partial charge in [-0.15, -0.1) is 0 Å². The Labute approximate surface area is 193 Å². The van der Waals surface area contributed by atoms with Crippen LogP contribution in [-0.2, 0) is 14.3 Å². The number of fused-ring (bicyclic) bond motifs is 3. The number of carbonyl (C=O) groups is 3. The van der Waals surface area contributed by atoms with Gasteiger partial charge in [0.05, 0.1) is 25.3 Å². The molecule has 10 nitrogen and oxygen atoms in total. The van der Waals surface area contributed by atoms with Gasteiger partial charge in [0.25, 0.3) is 5.91 Å². The van der Waals surface area contributed by atoms with Crippen LogP contribution in [0.4, 0.5) is 10.5 Å². The van der Waals surface area contributed by atoms with E-state index >= 15 is 0 Å². The van der Waals surface area contributed by atoms with Gasteiger partial charge in [-0.1, -0.05) is 0 Å². The molecule has 1 fully saturated rings. The van der Waals surface area contributed by atoms with Crippen LogP contribution in [0.1, 0.15) is 38.1 Å². The fourth-order valence-electron chi connectivity index (χ4n) is 4.39. The second-order valence-corrected chi connectivity index (χ2v) is 8.01. The van der Waals surface area contributed by atoms with Crippen LogP contribution < -0.4 is 4.90 Å². The number of hydrogen-bond acceptors (Lipinski definition) is 8. The predicted octanol–water partition coefficient (Wildman–Crippen LogP) is 2.23. The summed E-state index contributed by atoms with van der Waals surface area (Å²) in [7, 11) is 1.66. The van der Waals surface area contributed by atoms with Crippen LogP contribution in [0.5, 0.6) is 0 Å². The lowest BCUT2D eigenvalue weighted by Crippen LogP contribution is -2.65. The Morgan fingerprint density at radius 3 is 2.39 bits per heavy atom. The molecule has 0 saturated carbocycles. The van der Waals surface area contributed by atoms with Crippen LogP contribution in [0, 0.1) is 0 Å². The van der Waals surface area contributed by atoms with E-state index in [2.05, 4.69) is 0 Å². The summed E-state index contributed by atoms with van der Waals surface area (Å²) < 4.78 is 10.4. The molecule has 3 amide bonds. The van der Waals surface area contributed by atoms with E-state index in [9.17, 15) is 14.4 Å². The highest BCUT2D eigenvalue weighted by atomic mass is 16.5. The zero-order chi connectivity index (χ0) is 23.9. The highest BCUT2D eigenvalue weighted by Crippen LogP contribution is 2.39. The van der Waals surface area contributed by atoms with Crippen molar-refractivity contribution in [1.29, 1.82) is 0 Å². The Balaban J connectivity index is 1.64. The summed E-state index contributed by atoms with van der Waals surface area (Å²) >= 11 is 0. The van der Waals surface area contributed by atoms with Crippen molar-refractivity contribution in [3.63, 3.8) is 0 Å². The highest BCUT2D eigenvalue weighted by molar-refractivity contribution is 6.10. The lowest BCUT2D eigenvalue weighted by molar-refractivity contribution is -0.137. The molecule has 0 bridgehead atoms. The van der Waals surface area contributed by atoms with Crippen LogP contribution >= 0.6 is 0 Å². The molecule has 10 heteroatoms. The molecule has 33 heavy (non-hydrogen) atoms. The number of carbonyl (C=O) groups excluding carboxylic acids is 3. The zero-order valence-electron chi connectivity index (χ0n) is 19.6. The summed E-state index contributed by atoms with van der Waals surface area (Å²) in [4.78, 5) is 49.7. The Kier molecular flexibility index (Phi) is 6.11. The molecule has 0 aromatic heterocycles. The van der Waals surface area contributed by atoms with Crippen LogP contribution in [0.2, 0.25) is 0 Å². The maximum absolute atomic E-state index is 13.4. The second-order valence-electron chi connectivity index (χ2n) is 8.01. The largest absolute Gasteiger partial charge is 0.462 e. The summed E-state index contributed by atoms with van der Waals surface area (Å²) in [5, 5.41) is 0. The first-order chi connectivity index (χ1) is 15.8. The molecule has 3 aliphatic rings. The number of anilines is 1. The number of guanidine groups is 1. The molecule has 0 N–H and O–H groups in total. The number of nitrogens with zero attached hydrogens (tertiary/aromatic N) is 5. The maximum atomic E-state index is 13.4. The van der Waals surface area contributed by atoms with Gasteiger partial charge in [-0.2, -0.15) is 0 Å². The van der Waals surface area contributed by atoms with Gasteiger partial charge in [0, 0.05) is 30.7 Å². The van der Waals surface area contributed by atoms with Crippen molar-refractivity contribution >= 4 is 29.6 Å². The molecule has 2 unspecified atom stereocenters. The molecule has 1 aromatic rings. The molecule has 0 aliphatic carbocycles. The molecule has 176 valence electrons. The zero-order valence-corrected chi connectivity index (χ0v) is 19.6. The van der Waals surface area contributed by atoms with Gasteiger partial charge in [0.2, 0.25) is 5.96 Å². The Morgan fingerprint density at radius 2 is 1.76 bits per heavy atom. The molecular weight excluding hydrogens is 426 g/mol. The number of imide groups is 1. The average Bonchev–Trinajstić information content (AvgIpc) is 3.30. The minimum atomic E-state index is -0.636. The SMILES string of the molecule is CCOCCN1C(=O)C2C(N=C3N(c4ccc(C(=O)OCC)cc4)C(C)=C(C)N32)N(C)C1=O. The van der Waals surface area contributed by atoms with Gasteiger partial charge in [0.15, 0.2) is 12.2 Å². The van der Waals surface area contributed by atoms with Crippen molar-refractivity contribution in [1.82, 2.24) is 14.7 Å². The normalized spacial score (nSPS) is 22.2. The van der Waals surface area contributed by atoms with Crippen molar-refractivity contribution in [2.75, 3.05) is 38.3 Å². The first-order valence-electron chi connectivity index (χ1n) is 11.1.